The molecule has 3 heteroatoms. The van der Waals surface area contributed by atoms with Crippen LogP contribution in [0.1, 0.15) is 36.0 Å². The molecule has 1 aromatic carbocycles. The maximum absolute atomic E-state index is 12.3. The second kappa shape index (κ2) is 5.39. The number of amides is 1. The summed E-state index contributed by atoms with van der Waals surface area (Å²) >= 11 is 4.34. The van der Waals surface area contributed by atoms with Crippen molar-refractivity contribution in [3.63, 3.8) is 0 Å². The molecule has 0 unspecified atom stereocenters. The second-order valence-corrected chi connectivity index (χ2v) is 4.71. The molecule has 0 aromatic heterocycles. The number of benzene rings is 1. The van der Waals surface area contributed by atoms with Crippen molar-refractivity contribution >= 4 is 18.5 Å². The summed E-state index contributed by atoms with van der Waals surface area (Å²) in [6.45, 7) is 1.78. The number of likely N-dealkylation sites (tertiary alicyclic amines) is 1. The van der Waals surface area contributed by atoms with E-state index in [1.807, 2.05) is 29.2 Å². The number of carbonyl (C=O) groups excluding carboxylic acids is 1. The lowest BCUT2D eigenvalue weighted by atomic mass is 10.2. The minimum atomic E-state index is 0.132. The van der Waals surface area contributed by atoms with E-state index in [-0.39, 0.29) is 5.91 Å². The van der Waals surface area contributed by atoms with Crippen molar-refractivity contribution in [1.82, 2.24) is 4.90 Å². The molecule has 1 aromatic rings. The molecule has 0 radical (unpaired) electrons. The lowest BCUT2D eigenvalue weighted by Crippen LogP contribution is -2.32. The van der Waals surface area contributed by atoms with Crippen LogP contribution in [0, 0.1) is 0 Å². The summed E-state index contributed by atoms with van der Waals surface area (Å²) in [7, 11) is 0. The number of rotatable bonds is 1. The molecule has 1 amide bonds. The minimum Gasteiger partial charge on any atom is -0.339 e. The fraction of sp³-hybridized carbons (Fsp3) is 0.462. The van der Waals surface area contributed by atoms with Gasteiger partial charge in [0.05, 0.1) is 5.56 Å². The molecule has 0 N–H and O–H groups in total. The molecular weight excluding hydrogens is 218 g/mol. The van der Waals surface area contributed by atoms with Crippen molar-refractivity contribution in [2.75, 3.05) is 13.1 Å². The zero-order chi connectivity index (χ0) is 11.4. The summed E-state index contributed by atoms with van der Waals surface area (Å²) in [4.78, 5) is 15.0. The summed E-state index contributed by atoms with van der Waals surface area (Å²) in [5, 5.41) is 0. The van der Waals surface area contributed by atoms with Crippen LogP contribution in [0.2, 0.25) is 0 Å². The number of carbonyl (C=O) groups is 1. The topological polar surface area (TPSA) is 20.3 Å². The Morgan fingerprint density at radius 2 is 1.69 bits per heavy atom. The van der Waals surface area contributed by atoms with Gasteiger partial charge >= 0.3 is 0 Å². The lowest BCUT2D eigenvalue weighted by Gasteiger charge is -2.20. The van der Waals surface area contributed by atoms with Gasteiger partial charge in [-0.15, -0.1) is 12.6 Å². The molecule has 0 spiro atoms. The number of nitrogens with zero attached hydrogens (tertiary/aromatic N) is 1. The average molecular weight is 235 g/mol. The largest absolute Gasteiger partial charge is 0.339 e. The molecular formula is C13H17NOS. The minimum absolute atomic E-state index is 0.132. The summed E-state index contributed by atoms with van der Waals surface area (Å²) in [5.74, 6) is 0.132. The highest BCUT2D eigenvalue weighted by atomic mass is 32.1. The van der Waals surface area contributed by atoms with E-state index in [4.69, 9.17) is 0 Å². The molecule has 86 valence electrons. The van der Waals surface area contributed by atoms with Gasteiger partial charge in [-0.2, -0.15) is 0 Å². The van der Waals surface area contributed by atoms with Gasteiger partial charge in [-0.05, 0) is 25.0 Å². The van der Waals surface area contributed by atoms with Gasteiger partial charge in [0.25, 0.3) is 5.91 Å². The molecule has 1 saturated heterocycles. The first-order valence-corrected chi connectivity index (χ1v) is 6.31. The molecule has 0 aliphatic carbocycles. The zero-order valence-corrected chi connectivity index (χ0v) is 10.2. The maximum atomic E-state index is 12.3. The quantitative estimate of drug-likeness (QED) is 0.742. The fourth-order valence-corrected chi connectivity index (χ4v) is 2.35. The summed E-state index contributed by atoms with van der Waals surface area (Å²) in [5.41, 5.74) is 0.729. The molecule has 0 saturated carbocycles. The van der Waals surface area contributed by atoms with Crippen LogP contribution in [0.4, 0.5) is 0 Å². The van der Waals surface area contributed by atoms with Crippen molar-refractivity contribution in [3.05, 3.63) is 29.8 Å². The maximum Gasteiger partial charge on any atom is 0.254 e. The molecule has 0 atom stereocenters. The average Bonchev–Trinajstić information content (AvgIpc) is 2.57. The van der Waals surface area contributed by atoms with Gasteiger partial charge < -0.3 is 4.90 Å². The third kappa shape index (κ3) is 2.59. The summed E-state index contributed by atoms with van der Waals surface area (Å²) in [6, 6.07) is 7.52. The normalized spacial score (nSPS) is 16.9. The predicted molar refractivity (Wildman–Crippen MR) is 68.1 cm³/mol. The predicted octanol–water partition coefficient (Wildman–Crippen LogP) is 2.99. The number of hydrogen-bond donors (Lipinski definition) is 1. The highest BCUT2D eigenvalue weighted by Crippen LogP contribution is 2.18. The van der Waals surface area contributed by atoms with Crippen LogP contribution >= 0.6 is 12.6 Å². The first-order valence-electron chi connectivity index (χ1n) is 5.86. The van der Waals surface area contributed by atoms with Gasteiger partial charge in [0.2, 0.25) is 0 Å². The van der Waals surface area contributed by atoms with Crippen LogP contribution < -0.4 is 0 Å². The van der Waals surface area contributed by atoms with E-state index in [9.17, 15) is 4.79 Å². The van der Waals surface area contributed by atoms with Crippen molar-refractivity contribution in [3.8, 4) is 0 Å². The Hall–Kier alpha value is -0.960. The molecule has 1 aliphatic heterocycles. The van der Waals surface area contributed by atoms with Crippen LogP contribution in [0.5, 0.6) is 0 Å². The summed E-state index contributed by atoms with van der Waals surface area (Å²) < 4.78 is 0. The Bertz CT molecular complexity index is 370. The van der Waals surface area contributed by atoms with E-state index in [2.05, 4.69) is 12.6 Å². The fourth-order valence-electron chi connectivity index (χ4n) is 2.10. The first-order chi connectivity index (χ1) is 7.79. The van der Waals surface area contributed by atoms with E-state index in [1.165, 1.54) is 12.8 Å². The monoisotopic (exact) mass is 235 g/mol. The van der Waals surface area contributed by atoms with Gasteiger partial charge in [-0.3, -0.25) is 4.79 Å². The van der Waals surface area contributed by atoms with E-state index < -0.39 is 0 Å². The Morgan fingerprint density at radius 1 is 1.06 bits per heavy atom. The van der Waals surface area contributed by atoms with Crippen molar-refractivity contribution in [1.29, 1.82) is 0 Å². The Labute approximate surface area is 102 Å². The molecule has 2 nitrogen and oxygen atoms in total. The molecule has 0 bridgehead atoms. The van der Waals surface area contributed by atoms with Crippen LogP contribution in [0.15, 0.2) is 29.2 Å². The van der Waals surface area contributed by atoms with Crippen LogP contribution in [0.3, 0.4) is 0 Å². The summed E-state index contributed by atoms with van der Waals surface area (Å²) in [6.07, 6.45) is 4.74. The smallest absolute Gasteiger partial charge is 0.254 e. The molecule has 1 fully saturated rings. The third-order valence-corrected chi connectivity index (χ3v) is 3.42. The van der Waals surface area contributed by atoms with Crippen LogP contribution in [-0.4, -0.2) is 23.9 Å². The van der Waals surface area contributed by atoms with Crippen molar-refractivity contribution < 1.29 is 4.79 Å². The number of thiol groups is 1. The van der Waals surface area contributed by atoms with Crippen molar-refractivity contribution in [2.24, 2.45) is 0 Å². The second-order valence-electron chi connectivity index (χ2n) is 4.22. The first kappa shape index (κ1) is 11.5. The van der Waals surface area contributed by atoms with E-state index >= 15 is 0 Å². The van der Waals surface area contributed by atoms with Crippen LogP contribution in [0.25, 0.3) is 0 Å². The van der Waals surface area contributed by atoms with Crippen LogP contribution in [-0.2, 0) is 0 Å². The van der Waals surface area contributed by atoms with Gasteiger partial charge in [0.15, 0.2) is 0 Å². The van der Waals surface area contributed by atoms with E-state index in [0.717, 1.165) is 36.4 Å². The highest BCUT2D eigenvalue weighted by molar-refractivity contribution is 7.80. The molecule has 1 aliphatic rings. The lowest BCUT2D eigenvalue weighted by molar-refractivity contribution is 0.0758. The highest BCUT2D eigenvalue weighted by Gasteiger charge is 2.18. The standard InChI is InChI=1S/C13H17NOS/c15-13(11-7-3-4-8-12(11)16)14-9-5-1-2-6-10-14/h3-4,7-8,16H,1-2,5-6,9-10H2. The van der Waals surface area contributed by atoms with Crippen molar-refractivity contribution in [2.45, 2.75) is 30.6 Å². The van der Waals surface area contributed by atoms with E-state index in [1.54, 1.807) is 0 Å². The van der Waals surface area contributed by atoms with Gasteiger partial charge in [-0.25, -0.2) is 0 Å². The van der Waals surface area contributed by atoms with Gasteiger partial charge in [0.1, 0.15) is 0 Å². The third-order valence-electron chi connectivity index (χ3n) is 3.03. The van der Waals surface area contributed by atoms with Gasteiger partial charge in [0, 0.05) is 18.0 Å². The number of hydrogen-bond acceptors (Lipinski definition) is 2. The Balaban J connectivity index is 2.14. The Kier molecular flexibility index (Phi) is 3.88. The SMILES string of the molecule is O=C(c1ccccc1S)N1CCCCCC1. The molecule has 2 rings (SSSR count). The van der Waals surface area contributed by atoms with E-state index in [0.29, 0.717) is 0 Å². The molecule has 1 heterocycles. The zero-order valence-electron chi connectivity index (χ0n) is 9.35. The molecule has 16 heavy (non-hydrogen) atoms. The Morgan fingerprint density at radius 3 is 2.31 bits per heavy atom. The van der Waals surface area contributed by atoms with Gasteiger partial charge in [-0.1, -0.05) is 25.0 Å².